The van der Waals surface area contributed by atoms with Crippen molar-refractivity contribution in [3.63, 3.8) is 0 Å². The molecule has 0 bridgehead atoms. The highest BCUT2D eigenvalue weighted by atomic mass is 16.5. The quantitative estimate of drug-likeness (QED) is 0.613. The van der Waals surface area contributed by atoms with Gasteiger partial charge in [-0.2, -0.15) is 0 Å². The molecule has 0 aromatic rings. The fourth-order valence-corrected chi connectivity index (χ4v) is 1.30. The van der Waals surface area contributed by atoms with Crippen LogP contribution in [-0.4, -0.2) is 43.2 Å². The monoisotopic (exact) mass is 186 g/mol. The molecule has 0 amide bonds. The lowest BCUT2D eigenvalue weighted by Gasteiger charge is -2.19. The zero-order chi connectivity index (χ0) is 9.84. The summed E-state index contributed by atoms with van der Waals surface area (Å²) in [5, 5.41) is 0. The summed E-state index contributed by atoms with van der Waals surface area (Å²) < 4.78 is 4.81. The maximum atomic E-state index is 11.1. The Hall–Kier alpha value is -0.610. The Kier molecular flexibility index (Phi) is 3.69. The maximum absolute atomic E-state index is 11.1. The van der Waals surface area contributed by atoms with Crippen molar-refractivity contribution in [2.24, 2.45) is 5.73 Å². The van der Waals surface area contributed by atoms with Gasteiger partial charge in [-0.15, -0.1) is 0 Å². The standard InChI is InChI=1S/C9H18N2O2/c1-3-13-9(12)8(10)6-11(2)7-4-5-7/h7-8H,3-6,10H2,1-2H3. The molecule has 1 aliphatic carbocycles. The van der Waals surface area contributed by atoms with Crippen LogP contribution in [0.5, 0.6) is 0 Å². The van der Waals surface area contributed by atoms with Gasteiger partial charge in [-0.25, -0.2) is 0 Å². The van der Waals surface area contributed by atoms with E-state index in [9.17, 15) is 4.79 Å². The summed E-state index contributed by atoms with van der Waals surface area (Å²) in [5.41, 5.74) is 5.65. The van der Waals surface area contributed by atoms with Gasteiger partial charge in [0.2, 0.25) is 0 Å². The Morgan fingerprint density at radius 1 is 1.69 bits per heavy atom. The van der Waals surface area contributed by atoms with Crippen LogP contribution in [0.4, 0.5) is 0 Å². The highest BCUT2D eigenvalue weighted by Crippen LogP contribution is 2.25. The molecule has 1 aliphatic rings. The first kappa shape index (κ1) is 10.5. The van der Waals surface area contributed by atoms with Crippen molar-refractivity contribution >= 4 is 5.97 Å². The Balaban J connectivity index is 2.21. The summed E-state index contributed by atoms with van der Waals surface area (Å²) >= 11 is 0. The van der Waals surface area contributed by atoms with E-state index < -0.39 is 6.04 Å². The van der Waals surface area contributed by atoms with Crippen LogP contribution in [-0.2, 0) is 9.53 Å². The van der Waals surface area contributed by atoms with Crippen LogP contribution in [0.15, 0.2) is 0 Å². The van der Waals surface area contributed by atoms with E-state index in [1.807, 2.05) is 7.05 Å². The number of rotatable bonds is 5. The Labute approximate surface area is 79.0 Å². The minimum Gasteiger partial charge on any atom is -0.465 e. The van der Waals surface area contributed by atoms with E-state index in [1.54, 1.807) is 6.92 Å². The fourth-order valence-electron chi connectivity index (χ4n) is 1.30. The molecule has 0 heterocycles. The van der Waals surface area contributed by atoms with E-state index in [1.165, 1.54) is 12.8 Å². The lowest BCUT2D eigenvalue weighted by molar-refractivity contribution is -0.145. The molecule has 0 spiro atoms. The van der Waals surface area contributed by atoms with Gasteiger partial charge in [0.05, 0.1) is 6.61 Å². The van der Waals surface area contributed by atoms with E-state index in [4.69, 9.17) is 10.5 Å². The number of hydrogen-bond donors (Lipinski definition) is 1. The zero-order valence-electron chi connectivity index (χ0n) is 8.32. The summed E-state index contributed by atoms with van der Waals surface area (Å²) in [4.78, 5) is 13.3. The number of esters is 1. The number of carbonyl (C=O) groups is 1. The van der Waals surface area contributed by atoms with E-state index in [0.29, 0.717) is 19.2 Å². The molecule has 0 aromatic heterocycles. The molecule has 0 aromatic carbocycles. The van der Waals surface area contributed by atoms with Crippen molar-refractivity contribution in [1.29, 1.82) is 0 Å². The van der Waals surface area contributed by atoms with Gasteiger partial charge >= 0.3 is 5.97 Å². The van der Waals surface area contributed by atoms with Crippen molar-refractivity contribution < 1.29 is 9.53 Å². The first-order chi connectivity index (χ1) is 6.15. The fraction of sp³-hybridized carbons (Fsp3) is 0.889. The molecule has 4 heteroatoms. The van der Waals surface area contributed by atoms with E-state index in [-0.39, 0.29) is 5.97 Å². The molecule has 0 radical (unpaired) electrons. The number of nitrogens with zero attached hydrogens (tertiary/aromatic N) is 1. The highest BCUT2D eigenvalue weighted by Gasteiger charge is 2.28. The minimum absolute atomic E-state index is 0.296. The molecule has 13 heavy (non-hydrogen) atoms. The predicted octanol–water partition coefficient (Wildman–Crippen LogP) is -0.0290. The highest BCUT2D eigenvalue weighted by molar-refractivity contribution is 5.75. The average Bonchev–Trinajstić information content (AvgIpc) is 2.86. The van der Waals surface area contributed by atoms with Gasteiger partial charge in [-0.1, -0.05) is 0 Å². The van der Waals surface area contributed by atoms with Crippen LogP contribution in [0.3, 0.4) is 0 Å². The van der Waals surface area contributed by atoms with E-state index in [0.717, 1.165) is 0 Å². The van der Waals surface area contributed by atoms with Crippen molar-refractivity contribution in [1.82, 2.24) is 4.90 Å². The zero-order valence-corrected chi connectivity index (χ0v) is 8.32. The van der Waals surface area contributed by atoms with E-state index in [2.05, 4.69) is 4.90 Å². The van der Waals surface area contributed by atoms with Gasteiger partial charge in [-0.3, -0.25) is 4.79 Å². The second-order valence-corrected chi connectivity index (χ2v) is 3.53. The minimum atomic E-state index is -0.495. The predicted molar refractivity (Wildman–Crippen MR) is 50.3 cm³/mol. The average molecular weight is 186 g/mol. The number of hydrogen-bond acceptors (Lipinski definition) is 4. The Morgan fingerprint density at radius 3 is 2.77 bits per heavy atom. The number of nitrogens with two attached hydrogens (primary N) is 1. The molecule has 1 unspecified atom stereocenters. The summed E-state index contributed by atoms with van der Waals surface area (Å²) in [5.74, 6) is -0.296. The topological polar surface area (TPSA) is 55.6 Å². The van der Waals surface area contributed by atoms with Gasteiger partial charge in [0.25, 0.3) is 0 Å². The third-order valence-corrected chi connectivity index (χ3v) is 2.24. The van der Waals surface area contributed by atoms with Crippen LogP contribution in [0.1, 0.15) is 19.8 Å². The molecule has 1 rings (SSSR count). The van der Waals surface area contributed by atoms with Crippen LogP contribution in [0.2, 0.25) is 0 Å². The Morgan fingerprint density at radius 2 is 2.31 bits per heavy atom. The van der Waals surface area contributed by atoms with Crippen LogP contribution in [0.25, 0.3) is 0 Å². The third kappa shape index (κ3) is 3.32. The van der Waals surface area contributed by atoms with Crippen molar-refractivity contribution in [3.05, 3.63) is 0 Å². The third-order valence-electron chi connectivity index (χ3n) is 2.24. The molecular weight excluding hydrogens is 168 g/mol. The lowest BCUT2D eigenvalue weighted by Crippen LogP contribution is -2.43. The molecule has 2 N–H and O–H groups in total. The second kappa shape index (κ2) is 4.58. The second-order valence-electron chi connectivity index (χ2n) is 3.53. The Bertz CT molecular complexity index is 180. The summed E-state index contributed by atoms with van der Waals surface area (Å²) in [6.07, 6.45) is 2.46. The van der Waals surface area contributed by atoms with Crippen molar-refractivity contribution in [3.8, 4) is 0 Å². The van der Waals surface area contributed by atoms with Crippen LogP contribution < -0.4 is 5.73 Å². The largest absolute Gasteiger partial charge is 0.465 e. The number of carbonyl (C=O) groups excluding carboxylic acids is 1. The molecule has 0 aliphatic heterocycles. The number of ether oxygens (including phenoxy) is 1. The van der Waals surface area contributed by atoms with E-state index >= 15 is 0 Å². The molecule has 1 saturated carbocycles. The van der Waals surface area contributed by atoms with Gasteiger partial charge < -0.3 is 15.4 Å². The molecule has 1 atom stereocenters. The van der Waals surface area contributed by atoms with Crippen molar-refractivity contribution in [2.45, 2.75) is 31.8 Å². The lowest BCUT2D eigenvalue weighted by atomic mass is 10.3. The normalized spacial score (nSPS) is 18.8. The van der Waals surface area contributed by atoms with Gasteiger partial charge in [0, 0.05) is 12.6 Å². The van der Waals surface area contributed by atoms with Gasteiger partial charge in [-0.05, 0) is 26.8 Å². The van der Waals surface area contributed by atoms with Crippen molar-refractivity contribution in [2.75, 3.05) is 20.2 Å². The summed E-state index contributed by atoms with van der Waals surface area (Å²) in [6, 6.07) is 0.144. The number of likely N-dealkylation sites (N-methyl/N-ethyl adjacent to an activating group) is 1. The van der Waals surface area contributed by atoms with Crippen LogP contribution in [0, 0.1) is 0 Å². The molecule has 0 saturated heterocycles. The first-order valence-electron chi connectivity index (χ1n) is 4.77. The SMILES string of the molecule is CCOC(=O)C(N)CN(C)C1CC1. The van der Waals surface area contributed by atoms with Crippen LogP contribution >= 0.6 is 0 Å². The molecule has 1 fully saturated rings. The molecule has 4 nitrogen and oxygen atoms in total. The summed E-state index contributed by atoms with van der Waals surface area (Å²) in [7, 11) is 2.00. The van der Waals surface area contributed by atoms with Gasteiger partial charge in [0.1, 0.15) is 6.04 Å². The summed E-state index contributed by atoms with van der Waals surface area (Å²) in [6.45, 7) is 2.79. The van der Waals surface area contributed by atoms with Gasteiger partial charge in [0.15, 0.2) is 0 Å². The molecule has 76 valence electrons. The maximum Gasteiger partial charge on any atom is 0.324 e. The first-order valence-corrected chi connectivity index (χ1v) is 4.77. The smallest absolute Gasteiger partial charge is 0.324 e. The molecular formula is C9H18N2O2.